The Morgan fingerprint density at radius 1 is 1.08 bits per heavy atom. The number of ether oxygens (including phenoxy) is 2. The van der Waals surface area contributed by atoms with Crippen molar-refractivity contribution in [3.8, 4) is 5.69 Å². The van der Waals surface area contributed by atoms with E-state index in [0.29, 0.717) is 53.4 Å². The van der Waals surface area contributed by atoms with Crippen LogP contribution in [0, 0.1) is 5.82 Å². The fourth-order valence-electron chi connectivity index (χ4n) is 5.14. The van der Waals surface area contributed by atoms with Crippen molar-refractivity contribution in [2.75, 3.05) is 20.3 Å². The number of rotatable bonds is 5. The van der Waals surface area contributed by atoms with Crippen molar-refractivity contribution >= 4 is 34.2 Å². The number of carbonyl (C=O) groups excluding carboxylic acids is 1. The second kappa shape index (κ2) is 8.47. The van der Waals surface area contributed by atoms with Crippen molar-refractivity contribution in [1.29, 1.82) is 0 Å². The van der Waals surface area contributed by atoms with Gasteiger partial charge in [0.25, 0.3) is 0 Å². The van der Waals surface area contributed by atoms with Crippen molar-refractivity contribution in [2.45, 2.75) is 18.4 Å². The number of aromatic nitrogens is 2. The van der Waals surface area contributed by atoms with Crippen LogP contribution < -0.4 is 5.69 Å². The minimum Gasteiger partial charge on any atom is -0.465 e. The number of hydrogen-bond donors (Lipinski definition) is 0. The van der Waals surface area contributed by atoms with Gasteiger partial charge in [0.1, 0.15) is 5.82 Å². The molecule has 6 rings (SSSR count). The maximum absolute atomic E-state index is 15.6. The summed E-state index contributed by atoms with van der Waals surface area (Å²) in [5.74, 6) is -1.42. The van der Waals surface area contributed by atoms with E-state index >= 15 is 4.39 Å². The van der Waals surface area contributed by atoms with Crippen molar-refractivity contribution in [3.63, 3.8) is 0 Å². The molecule has 1 fully saturated rings. The monoisotopic (exact) mass is 504 g/mol. The summed E-state index contributed by atoms with van der Waals surface area (Å²) in [6.07, 6.45) is 3.16. The van der Waals surface area contributed by atoms with Crippen LogP contribution in [0.5, 0.6) is 0 Å². The lowest BCUT2D eigenvalue weighted by Crippen LogP contribution is -2.33. The number of fused-ring (bicyclic) bond motifs is 1. The molecule has 36 heavy (non-hydrogen) atoms. The molecule has 1 aromatic heterocycles. The average molecular weight is 505 g/mol. The van der Waals surface area contributed by atoms with Crippen LogP contribution in [0.1, 0.15) is 34.3 Å². The first-order valence-corrected chi connectivity index (χ1v) is 12.0. The number of carbonyl (C=O) groups is 1. The van der Waals surface area contributed by atoms with Gasteiger partial charge in [0.2, 0.25) is 0 Å². The topological polar surface area (TPSA) is 62.5 Å². The van der Waals surface area contributed by atoms with E-state index in [9.17, 15) is 9.59 Å². The molecule has 0 atom stereocenters. The zero-order valence-electron chi connectivity index (χ0n) is 19.5. The number of methoxy groups -OCH3 is 1. The lowest BCUT2D eigenvalue weighted by molar-refractivity contribution is 0.0595. The summed E-state index contributed by atoms with van der Waals surface area (Å²) in [4.78, 5) is 26.2. The summed E-state index contributed by atoms with van der Waals surface area (Å²) in [5, 5.41) is 0.488. The molecular formula is C28H22ClFN2O4. The highest BCUT2D eigenvalue weighted by atomic mass is 35.5. The molecule has 4 aromatic rings. The minimum atomic E-state index is -0.908. The third kappa shape index (κ3) is 3.42. The quantitative estimate of drug-likeness (QED) is 0.345. The van der Waals surface area contributed by atoms with Gasteiger partial charge in [0.05, 0.1) is 48.1 Å². The molecule has 1 saturated carbocycles. The third-order valence-electron chi connectivity index (χ3n) is 7.06. The molecule has 1 aliphatic carbocycles. The standard InChI is InChI=1S/C28H22ClFN2O4/c1-35-26(33)21-3-2-4-22(25(21)30)28(12-13-28)32-23-10-7-19(29)15-24(23)31(27(32)34)20-8-5-17(6-9-20)18-11-14-36-16-18/h2-11,15H,12-14,16H2,1H3. The molecule has 0 amide bonds. The molecule has 3 aromatic carbocycles. The van der Waals surface area contributed by atoms with Gasteiger partial charge in [0.15, 0.2) is 0 Å². The Morgan fingerprint density at radius 2 is 1.86 bits per heavy atom. The molecule has 2 heterocycles. The summed E-state index contributed by atoms with van der Waals surface area (Å²) in [6, 6.07) is 17.6. The van der Waals surface area contributed by atoms with Crippen LogP contribution in [0.25, 0.3) is 22.3 Å². The molecule has 0 unspecified atom stereocenters. The number of nitrogens with zero attached hydrogens (tertiary/aromatic N) is 2. The van der Waals surface area contributed by atoms with Crippen LogP contribution in [-0.4, -0.2) is 35.4 Å². The molecule has 8 heteroatoms. The summed E-state index contributed by atoms with van der Waals surface area (Å²) in [6.45, 7) is 1.16. The van der Waals surface area contributed by atoms with E-state index < -0.39 is 17.3 Å². The van der Waals surface area contributed by atoms with Gasteiger partial charge >= 0.3 is 11.7 Å². The molecule has 0 saturated heterocycles. The normalized spacial score (nSPS) is 16.2. The van der Waals surface area contributed by atoms with Crippen LogP contribution in [0.3, 0.4) is 0 Å². The van der Waals surface area contributed by atoms with Crippen molar-refractivity contribution in [1.82, 2.24) is 9.13 Å². The largest absolute Gasteiger partial charge is 0.465 e. The fourth-order valence-corrected chi connectivity index (χ4v) is 5.30. The zero-order valence-corrected chi connectivity index (χ0v) is 20.2. The number of imidazole rings is 1. The van der Waals surface area contributed by atoms with E-state index in [1.165, 1.54) is 13.2 Å². The van der Waals surface area contributed by atoms with Gasteiger partial charge < -0.3 is 9.47 Å². The first-order valence-electron chi connectivity index (χ1n) is 11.6. The van der Waals surface area contributed by atoms with Crippen LogP contribution in [0.4, 0.5) is 4.39 Å². The Balaban J connectivity index is 1.54. The average Bonchev–Trinajstić information content (AvgIpc) is 3.36. The van der Waals surface area contributed by atoms with E-state index in [0.717, 1.165) is 11.1 Å². The number of esters is 1. The molecule has 1 aliphatic heterocycles. The van der Waals surface area contributed by atoms with Crippen LogP contribution in [0.15, 0.2) is 71.5 Å². The lowest BCUT2D eigenvalue weighted by atomic mass is 10.00. The fraction of sp³-hybridized carbons (Fsp3) is 0.214. The summed E-state index contributed by atoms with van der Waals surface area (Å²) in [5.41, 5.74) is 3.02. The van der Waals surface area contributed by atoms with Gasteiger partial charge in [-0.2, -0.15) is 0 Å². The molecule has 0 radical (unpaired) electrons. The SMILES string of the molecule is COC(=O)c1cccc(C2(n3c(=O)n(-c4ccc(C5=CCOC5)cc4)c4cc(Cl)ccc43)CC2)c1F. The Morgan fingerprint density at radius 3 is 2.53 bits per heavy atom. The highest BCUT2D eigenvalue weighted by molar-refractivity contribution is 6.31. The van der Waals surface area contributed by atoms with E-state index in [4.69, 9.17) is 21.1 Å². The smallest absolute Gasteiger partial charge is 0.340 e. The van der Waals surface area contributed by atoms with E-state index in [1.807, 2.05) is 30.3 Å². The maximum atomic E-state index is 15.6. The summed E-state index contributed by atoms with van der Waals surface area (Å²) in [7, 11) is 1.21. The molecule has 0 bridgehead atoms. The molecule has 0 N–H and O–H groups in total. The predicted octanol–water partition coefficient (Wildman–Crippen LogP) is 5.32. The van der Waals surface area contributed by atoms with Gasteiger partial charge in [-0.3, -0.25) is 9.13 Å². The van der Waals surface area contributed by atoms with E-state index in [1.54, 1.807) is 39.5 Å². The second-order valence-electron chi connectivity index (χ2n) is 9.07. The number of hydrogen-bond acceptors (Lipinski definition) is 4. The van der Waals surface area contributed by atoms with Gasteiger partial charge in [-0.1, -0.05) is 41.9 Å². The van der Waals surface area contributed by atoms with Crippen molar-refractivity contribution in [3.05, 3.63) is 105 Å². The first-order chi connectivity index (χ1) is 17.4. The molecule has 2 aliphatic rings. The number of benzene rings is 3. The van der Waals surface area contributed by atoms with Crippen molar-refractivity contribution < 1.29 is 18.7 Å². The lowest BCUT2D eigenvalue weighted by Gasteiger charge is -2.20. The number of halogens is 2. The highest BCUT2D eigenvalue weighted by Gasteiger charge is 2.51. The first kappa shape index (κ1) is 22.8. The molecule has 6 nitrogen and oxygen atoms in total. The minimum absolute atomic E-state index is 0.151. The van der Waals surface area contributed by atoms with Crippen LogP contribution in [0.2, 0.25) is 5.02 Å². The Bertz CT molecular complexity index is 1610. The second-order valence-corrected chi connectivity index (χ2v) is 9.50. The highest BCUT2D eigenvalue weighted by Crippen LogP contribution is 2.51. The summed E-state index contributed by atoms with van der Waals surface area (Å²) < 4.78 is 29.0. The van der Waals surface area contributed by atoms with Gasteiger partial charge in [-0.25, -0.2) is 14.0 Å². The van der Waals surface area contributed by atoms with Crippen molar-refractivity contribution in [2.24, 2.45) is 0 Å². The maximum Gasteiger partial charge on any atom is 0.340 e. The zero-order chi connectivity index (χ0) is 25.0. The van der Waals surface area contributed by atoms with Gasteiger partial charge in [-0.05, 0) is 60.4 Å². The summed E-state index contributed by atoms with van der Waals surface area (Å²) >= 11 is 6.34. The Kier molecular flexibility index (Phi) is 5.35. The van der Waals surface area contributed by atoms with E-state index in [-0.39, 0.29) is 11.3 Å². The predicted molar refractivity (Wildman–Crippen MR) is 135 cm³/mol. The molecular weight excluding hydrogens is 483 g/mol. The van der Waals surface area contributed by atoms with Crippen LogP contribution >= 0.6 is 11.6 Å². The molecule has 0 spiro atoms. The van der Waals surface area contributed by atoms with Crippen LogP contribution in [-0.2, 0) is 15.0 Å². The van der Waals surface area contributed by atoms with Gasteiger partial charge in [-0.15, -0.1) is 0 Å². The van der Waals surface area contributed by atoms with Gasteiger partial charge in [0, 0.05) is 10.6 Å². The van der Waals surface area contributed by atoms with E-state index in [2.05, 4.69) is 0 Å². The molecule has 182 valence electrons. The Labute approximate surface area is 211 Å². The Hall–Kier alpha value is -3.68. The third-order valence-corrected chi connectivity index (χ3v) is 7.30.